The Balaban J connectivity index is 2.04. The number of aromatic nitrogens is 1. The molecule has 2 amide bonds. The first-order valence-corrected chi connectivity index (χ1v) is 8.50. The van der Waals surface area contributed by atoms with Crippen molar-refractivity contribution in [3.63, 3.8) is 0 Å². The molecule has 0 radical (unpaired) electrons. The van der Waals surface area contributed by atoms with Crippen molar-refractivity contribution in [1.82, 2.24) is 14.8 Å². The molecule has 1 aromatic heterocycles. The lowest BCUT2D eigenvalue weighted by atomic mass is 10.0. The second-order valence-corrected chi connectivity index (χ2v) is 6.81. The molecule has 1 saturated heterocycles. The number of H-pyrrole nitrogens is 1. The summed E-state index contributed by atoms with van der Waals surface area (Å²) < 4.78 is 0. The van der Waals surface area contributed by atoms with Gasteiger partial charge in [-0.05, 0) is 44.4 Å². The van der Waals surface area contributed by atoms with E-state index in [0.29, 0.717) is 25.2 Å². The van der Waals surface area contributed by atoms with Crippen LogP contribution in [0.25, 0.3) is 10.9 Å². The van der Waals surface area contributed by atoms with Gasteiger partial charge in [-0.3, -0.25) is 9.59 Å². The molecule has 0 aliphatic carbocycles. The third kappa shape index (κ3) is 2.48. The highest BCUT2D eigenvalue weighted by Gasteiger charge is 2.36. The lowest BCUT2D eigenvalue weighted by molar-refractivity contribution is -0.138. The van der Waals surface area contributed by atoms with Gasteiger partial charge in [0.1, 0.15) is 11.7 Å². The van der Waals surface area contributed by atoms with Crippen molar-refractivity contribution in [2.45, 2.75) is 40.2 Å². The minimum absolute atomic E-state index is 0.0258. The highest BCUT2D eigenvalue weighted by Crippen LogP contribution is 2.28. The van der Waals surface area contributed by atoms with Crippen LogP contribution in [0.3, 0.4) is 0 Å². The first-order valence-electron chi connectivity index (χ1n) is 8.50. The zero-order valence-electron chi connectivity index (χ0n) is 15.1. The number of rotatable bonds is 2. The quantitative estimate of drug-likeness (QED) is 0.922. The largest absolute Gasteiger partial charge is 0.350 e. The van der Waals surface area contributed by atoms with Gasteiger partial charge in [-0.2, -0.15) is 0 Å². The van der Waals surface area contributed by atoms with Crippen molar-refractivity contribution in [3.8, 4) is 0 Å². The molecule has 0 spiro atoms. The van der Waals surface area contributed by atoms with Crippen LogP contribution in [0.4, 0.5) is 0 Å². The van der Waals surface area contributed by atoms with Crippen molar-refractivity contribution in [3.05, 3.63) is 34.5 Å². The van der Waals surface area contributed by atoms with Crippen molar-refractivity contribution in [2.75, 3.05) is 20.1 Å². The number of aromatic amines is 1. The number of likely N-dealkylation sites (N-methyl/N-ethyl adjacent to an activating group) is 1. The van der Waals surface area contributed by atoms with Crippen molar-refractivity contribution in [1.29, 1.82) is 0 Å². The van der Waals surface area contributed by atoms with Crippen LogP contribution >= 0.6 is 0 Å². The third-order valence-corrected chi connectivity index (χ3v) is 5.08. The Bertz CT molecular complexity index is 822. The van der Waals surface area contributed by atoms with Gasteiger partial charge in [0.15, 0.2) is 0 Å². The van der Waals surface area contributed by atoms with Gasteiger partial charge in [-0.1, -0.05) is 18.6 Å². The number of hydrogen-bond acceptors (Lipinski definition) is 2. The molecule has 1 N–H and O–H groups in total. The molecule has 0 saturated carbocycles. The first kappa shape index (κ1) is 16.6. The van der Waals surface area contributed by atoms with E-state index >= 15 is 0 Å². The van der Waals surface area contributed by atoms with E-state index in [-0.39, 0.29) is 17.9 Å². The SMILES string of the molecule is CCC1C(=O)N(C)CCN1C(=O)c1[nH]c2c(C)cc(C)cc2c1C. The minimum Gasteiger partial charge on any atom is -0.350 e. The van der Waals surface area contributed by atoms with Crippen LogP contribution < -0.4 is 0 Å². The lowest BCUT2D eigenvalue weighted by Crippen LogP contribution is -2.57. The number of amides is 2. The van der Waals surface area contributed by atoms with Crippen molar-refractivity contribution in [2.24, 2.45) is 0 Å². The number of carbonyl (C=O) groups excluding carboxylic acids is 2. The summed E-state index contributed by atoms with van der Waals surface area (Å²) in [5.74, 6) is -0.0491. The Morgan fingerprint density at radius 3 is 2.62 bits per heavy atom. The van der Waals surface area contributed by atoms with Crippen LogP contribution in [0.5, 0.6) is 0 Å². The Morgan fingerprint density at radius 2 is 1.96 bits per heavy atom. The van der Waals surface area contributed by atoms with Crippen LogP contribution in [0.15, 0.2) is 12.1 Å². The monoisotopic (exact) mass is 327 g/mol. The second kappa shape index (κ2) is 5.96. The van der Waals surface area contributed by atoms with E-state index in [1.807, 2.05) is 20.8 Å². The van der Waals surface area contributed by atoms with E-state index in [1.54, 1.807) is 16.8 Å². The van der Waals surface area contributed by atoms with Crippen molar-refractivity contribution < 1.29 is 9.59 Å². The number of piperazine rings is 1. The topological polar surface area (TPSA) is 56.4 Å². The summed E-state index contributed by atoms with van der Waals surface area (Å²) in [6.45, 7) is 9.20. The fraction of sp³-hybridized carbons (Fsp3) is 0.474. The number of nitrogens with zero attached hydrogens (tertiary/aromatic N) is 2. The Kier molecular flexibility index (Phi) is 4.11. The number of fused-ring (bicyclic) bond motifs is 1. The minimum atomic E-state index is -0.370. The average Bonchev–Trinajstić information content (AvgIpc) is 2.87. The number of aryl methyl sites for hydroxylation is 3. The predicted molar refractivity (Wildman–Crippen MR) is 95.3 cm³/mol. The van der Waals surface area contributed by atoms with Gasteiger partial charge in [0.05, 0.1) is 0 Å². The van der Waals surface area contributed by atoms with E-state index in [0.717, 1.165) is 22.0 Å². The second-order valence-electron chi connectivity index (χ2n) is 6.81. The fourth-order valence-electron chi connectivity index (χ4n) is 3.69. The molecular weight excluding hydrogens is 302 g/mol. The van der Waals surface area contributed by atoms with E-state index < -0.39 is 0 Å². The summed E-state index contributed by atoms with van der Waals surface area (Å²) in [6.07, 6.45) is 0.631. The molecule has 1 aliphatic rings. The first-order chi connectivity index (χ1) is 11.3. The summed E-state index contributed by atoms with van der Waals surface area (Å²) in [5.41, 5.74) is 4.89. The maximum Gasteiger partial charge on any atom is 0.271 e. The normalized spacial score (nSPS) is 18.5. The molecule has 1 aromatic carbocycles. The molecule has 1 unspecified atom stereocenters. The standard InChI is InChI=1S/C19H25N3O2/c1-6-15-18(23)21(5)7-8-22(15)19(24)17-13(4)14-10-11(2)9-12(3)16(14)20-17/h9-10,15,20H,6-8H2,1-5H3. The van der Waals surface area contributed by atoms with Crippen LogP contribution in [0, 0.1) is 20.8 Å². The molecule has 1 atom stereocenters. The van der Waals surface area contributed by atoms with Gasteiger partial charge < -0.3 is 14.8 Å². The van der Waals surface area contributed by atoms with Gasteiger partial charge >= 0.3 is 0 Å². The maximum atomic E-state index is 13.1. The predicted octanol–water partition coefficient (Wildman–Crippen LogP) is 2.79. The molecule has 5 nitrogen and oxygen atoms in total. The molecule has 2 aromatic rings. The third-order valence-electron chi connectivity index (χ3n) is 5.08. The van der Waals surface area contributed by atoms with Gasteiger partial charge in [-0.25, -0.2) is 0 Å². The summed E-state index contributed by atoms with van der Waals surface area (Å²) in [5, 5.41) is 1.09. The number of carbonyl (C=O) groups is 2. The van der Waals surface area contributed by atoms with Gasteiger partial charge in [0.2, 0.25) is 5.91 Å². The zero-order chi connectivity index (χ0) is 17.6. The highest BCUT2D eigenvalue weighted by molar-refractivity contribution is 6.03. The lowest BCUT2D eigenvalue weighted by Gasteiger charge is -2.38. The summed E-state index contributed by atoms with van der Waals surface area (Å²) in [7, 11) is 1.80. The summed E-state index contributed by atoms with van der Waals surface area (Å²) in [4.78, 5) is 32.3. The Labute approximate surface area is 142 Å². The van der Waals surface area contributed by atoms with Crippen LogP contribution in [0.2, 0.25) is 0 Å². The summed E-state index contributed by atoms with van der Waals surface area (Å²) in [6, 6.07) is 3.85. The smallest absolute Gasteiger partial charge is 0.271 e. The van der Waals surface area contributed by atoms with E-state index in [2.05, 4.69) is 24.0 Å². The number of hydrogen-bond donors (Lipinski definition) is 1. The van der Waals surface area contributed by atoms with Gasteiger partial charge in [0.25, 0.3) is 5.91 Å². The Hall–Kier alpha value is -2.30. The average molecular weight is 327 g/mol. The Morgan fingerprint density at radius 1 is 1.25 bits per heavy atom. The van der Waals surface area contributed by atoms with Crippen LogP contribution in [-0.2, 0) is 4.79 Å². The molecule has 24 heavy (non-hydrogen) atoms. The fourth-order valence-corrected chi connectivity index (χ4v) is 3.69. The molecule has 5 heteroatoms. The number of benzene rings is 1. The maximum absolute atomic E-state index is 13.1. The molecule has 2 heterocycles. The van der Waals surface area contributed by atoms with E-state index in [9.17, 15) is 9.59 Å². The number of nitrogens with one attached hydrogen (secondary N) is 1. The molecule has 3 rings (SSSR count). The molecule has 1 aliphatic heterocycles. The van der Waals surface area contributed by atoms with Gasteiger partial charge in [0, 0.05) is 31.0 Å². The van der Waals surface area contributed by atoms with Crippen molar-refractivity contribution >= 4 is 22.7 Å². The molecule has 1 fully saturated rings. The molecular formula is C19H25N3O2. The van der Waals surface area contributed by atoms with E-state index in [1.165, 1.54) is 5.56 Å². The van der Waals surface area contributed by atoms with Crippen LogP contribution in [-0.4, -0.2) is 52.8 Å². The molecule has 0 bridgehead atoms. The van der Waals surface area contributed by atoms with Crippen LogP contribution in [0.1, 0.15) is 40.5 Å². The molecule has 128 valence electrons. The van der Waals surface area contributed by atoms with E-state index in [4.69, 9.17) is 0 Å². The van der Waals surface area contributed by atoms with Gasteiger partial charge in [-0.15, -0.1) is 0 Å². The summed E-state index contributed by atoms with van der Waals surface area (Å²) >= 11 is 0. The zero-order valence-corrected chi connectivity index (χ0v) is 15.1. The highest BCUT2D eigenvalue weighted by atomic mass is 16.2.